The van der Waals surface area contributed by atoms with Crippen molar-refractivity contribution in [3.8, 4) is 5.75 Å². The van der Waals surface area contributed by atoms with Crippen LogP contribution < -0.4 is 4.18 Å². The number of ketones is 1. The summed E-state index contributed by atoms with van der Waals surface area (Å²) in [7, 11) is -7.00. The minimum Gasteiger partial charge on any atom is -0.378 e. The monoisotopic (exact) mass is 418 g/mol. The number of hydrogen-bond acceptors (Lipinski definition) is 4. The second-order valence-electron chi connectivity index (χ2n) is 4.78. The zero-order valence-corrected chi connectivity index (χ0v) is 13.1. The Morgan fingerprint density at radius 3 is 1.62 bits per heavy atom. The molecule has 0 aliphatic heterocycles. The summed E-state index contributed by atoms with van der Waals surface area (Å²) < 4.78 is 140. The Bertz CT molecular complexity index is 782. The van der Waals surface area contributed by atoms with Crippen LogP contribution in [0.5, 0.6) is 5.75 Å². The maximum atomic E-state index is 13.4. The van der Waals surface area contributed by atoms with Gasteiger partial charge in [-0.05, 0) is 31.2 Å². The van der Waals surface area contributed by atoms with Crippen LogP contribution in [0.1, 0.15) is 17.3 Å². The standard InChI is InChI=1S/C12H7F9O4S/c1-6(22)7-2-4-8(5-3-7)25-26(23,24)12(20,21)10(15,16)9(13,14)11(17,18)19/h2-5H,1H3. The molecular weight excluding hydrogens is 411 g/mol. The minimum absolute atomic E-state index is 0.0876. The van der Waals surface area contributed by atoms with Crippen molar-refractivity contribution >= 4 is 15.9 Å². The van der Waals surface area contributed by atoms with E-state index in [1.165, 1.54) is 0 Å². The average molecular weight is 418 g/mol. The van der Waals surface area contributed by atoms with E-state index in [0.717, 1.165) is 19.1 Å². The first-order valence-corrected chi connectivity index (χ1v) is 7.54. The summed E-state index contributed by atoms with van der Waals surface area (Å²) in [5.41, 5.74) is -0.0876. The quantitative estimate of drug-likeness (QED) is 0.398. The lowest BCUT2D eigenvalue weighted by atomic mass is 10.1. The van der Waals surface area contributed by atoms with Gasteiger partial charge >= 0.3 is 33.4 Å². The van der Waals surface area contributed by atoms with Gasteiger partial charge in [0.2, 0.25) is 0 Å². The van der Waals surface area contributed by atoms with Gasteiger partial charge in [-0.2, -0.15) is 47.9 Å². The van der Waals surface area contributed by atoms with Crippen LogP contribution in [-0.4, -0.2) is 37.5 Å². The highest BCUT2D eigenvalue weighted by Crippen LogP contribution is 2.54. The smallest absolute Gasteiger partial charge is 0.378 e. The minimum atomic E-state index is -7.38. The molecular formula is C12H7F9O4S. The summed E-state index contributed by atoms with van der Waals surface area (Å²) >= 11 is 0. The van der Waals surface area contributed by atoms with Crippen molar-refractivity contribution in [1.29, 1.82) is 0 Å². The lowest BCUT2D eigenvalue weighted by Crippen LogP contribution is -2.63. The molecule has 0 radical (unpaired) electrons. The molecule has 0 fully saturated rings. The van der Waals surface area contributed by atoms with E-state index in [0.29, 0.717) is 12.1 Å². The fourth-order valence-electron chi connectivity index (χ4n) is 1.44. The third-order valence-corrected chi connectivity index (χ3v) is 4.19. The van der Waals surface area contributed by atoms with Crippen molar-refractivity contribution in [2.75, 3.05) is 0 Å². The third kappa shape index (κ3) is 3.46. The van der Waals surface area contributed by atoms with Gasteiger partial charge < -0.3 is 4.18 Å². The van der Waals surface area contributed by atoms with Crippen molar-refractivity contribution in [3.05, 3.63) is 29.8 Å². The van der Waals surface area contributed by atoms with Gasteiger partial charge in [0.1, 0.15) is 5.75 Å². The molecule has 0 aliphatic carbocycles. The summed E-state index contributed by atoms with van der Waals surface area (Å²) in [5.74, 6) is -16.4. The van der Waals surface area contributed by atoms with Gasteiger partial charge in [0, 0.05) is 5.56 Å². The third-order valence-electron chi connectivity index (χ3n) is 2.90. The molecule has 0 saturated carbocycles. The highest BCUT2D eigenvalue weighted by Gasteiger charge is 2.86. The second-order valence-corrected chi connectivity index (χ2v) is 6.37. The molecule has 0 unspecified atom stereocenters. The topological polar surface area (TPSA) is 60.4 Å². The van der Waals surface area contributed by atoms with Gasteiger partial charge in [-0.25, -0.2) is 0 Å². The van der Waals surface area contributed by atoms with Gasteiger partial charge in [0.05, 0.1) is 0 Å². The van der Waals surface area contributed by atoms with Crippen molar-refractivity contribution < 1.29 is 56.9 Å². The van der Waals surface area contributed by atoms with Gasteiger partial charge in [-0.1, -0.05) is 0 Å². The molecule has 0 heterocycles. The molecule has 0 amide bonds. The number of carbonyl (C=O) groups excluding carboxylic acids is 1. The SMILES string of the molecule is CC(=O)c1ccc(OS(=O)(=O)C(F)(F)C(F)(F)C(F)(F)C(F)(F)F)cc1. The fourth-order valence-corrected chi connectivity index (χ4v) is 2.35. The van der Waals surface area contributed by atoms with Crippen molar-refractivity contribution in [1.82, 2.24) is 0 Å². The summed E-state index contributed by atoms with van der Waals surface area (Å²) in [6, 6.07) is 2.69. The predicted molar refractivity (Wildman–Crippen MR) is 66.9 cm³/mol. The maximum absolute atomic E-state index is 13.4. The van der Waals surface area contributed by atoms with E-state index < -0.39 is 44.9 Å². The Morgan fingerprint density at radius 1 is 0.846 bits per heavy atom. The van der Waals surface area contributed by atoms with Crippen LogP contribution in [0.4, 0.5) is 39.5 Å². The number of Topliss-reactive ketones (excluding diaryl/α,β-unsaturated/α-hetero) is 1. The number of rotatable bonds is 6. The Labute approximate surface area is 139 Å². The van der Waals surface area contributed by atoms with Crippen LogP contribution in [-0.2, 0) is 10.1 Å². The van der Waals surface area contributed by atoms with Gasteiger partial charge in [0.15, 0.2) is 5.78 Å². The lowest BCUT2D eigenvalue weighted by Gasteiger charge is -2.32. The molecule has 14 heteroatoms. The van der Waals surface area contributed by atoms with Crippen LogP contribution in [0, 0.1) is 0 Å². The molecule has 1 aromatic carbocycles. The van der Waals surface area contributed by atoms with E-state index in [1.54, 1.807) is 0 Å². The molecule has 26 heavy (non-hydrogen) atoms. The Balaban J connectivity index is 3.30. The molecule has 0 spiro atoms. The molecule has 0 bridgehead atoms. The molecule has 0 aliphatic rings. The maximum Gasteiger partial charge on any atom is 0.460 e. The van der Waals surface area contributed by atoms with Crippen LogP contribution in [0.15, 0.2) is 24.3 Å². The first-order chi connectivity index (χ1) is 11.4. The molecule has 1 rings (SSSR count). The first-order valence-electron chi connectivity index (χ1n) is 6.13. The van der Waals surface area contributed by atoms with E-state index in [9.17, 15) is 52.7 Å². The molecule has 0 atom stereocenters. The molecule has 0 saturated heterocycles. The van der Waals surface area contributed by atoms with Crippen LogP contribution in [0.3, 0.4) is 0 Å². The molecule has 148 valence electrons. The molecule has 1 aromatic rings. The largest absolute Gasteiger partial charge is 0.460 e. The van der Waals surface area contributed by atoms with E-state index in [1.807, 2.05) is 0 Å². The van der Waals surface area contributed by atoms with Gasteiger partial charge in [-0.3, -0.25) is 4.79 Å². The summed E-state index contributed by atoms with van der Waals surface area (Å²) in [6.45, 7) is 1.06. The highest BCUT2D eigenvalue weighted by atomic mass is 32.2. The Hall–Kier alpha value is -1.99. The molecule has 4 nitrogen and oxygen atoms in total. The number of alkyl halides is 9. The van der Waals surface area contributed by atoms with E-state index >= 15 is 0 Å². The van der Waals surface area contributed by atoms with E-state index in [-0.39, 0.29) is 5.56 Å². The van der Waals surface area contributed by atoms with Crippen molar-refractivity contribution in [3.63, 3.8) is 0 Å². The fraction of sp³-hybridized carbons (Fsp3) is 0.417. The Kier molecular flexibility index (Phi) is 5.36. The van der Waals surface area contributed by atoms with Crippen molar-refractivity contribution in [2.24, 2.45) is 0 Å². The predicted octanol–water partition coefficient (Wildman–Crippen LogP) is 4.02. The van der Waals surface area contributed by atoms with E-state index in [2.05, 4.69) is 4.18 Å². The second kappa shape index (κ2) is 6.32. The summed E-state index contributed by atoms with van der Waals surface area (Å²) in [5, 5.41) is -6.95. The number of hydrogen-bond donors (Lipinski definition) is 0. The molecule has 0 aromatic heterocycles. The number of benzene rings is 1. The van der Waals surface area contributed by atoms with E-state index in [4.69, 9.17) is 0 Å². The van der Waals surface area contributed by atoms with Crippen molar-refractivity contribution in [2.45, 2.75) is 30.2 Å². The van der Waals surface area contributed by atoms with Crippen LogP contribution in [0.2, 0.25) is 0 Å². The number of carbonyl (C=O) groups is 1. The van der Waals surface area contributed by atoms with Gasteiger partial charge in [-0.15, -0.1) is 0 Å². The zero-order chi connectivity index (χ0) is 20.8. The van der Waals surface area contributed by atoms with Gasteiger partial charge in [0.25, 0.3) is 0 Å². The summed E-state index contributed by atoms with van der Waals surface area (Å²) in [4.78, 5) is 11.0. The zero-order valence-electron chi connectivity index (χ0n) is 12.3. The lowest BCUT2D eigenvalue weighted by molar-refractivity contribution is -0.382. The summed E-state index contributed by atoms with van der Waals surface area (Å²) in [6.07, 6.45) is -7.17. The first kappa shape index (κ1) is 22.1. The Morgan fingerprint density at radius 2 is 1.27 bits per heavy atom. The number of halogens is 9. The van der Waals surface area contributed by atoms with Crippen LogP contribution in [0.25, 0.3) is 0 Å². The molecule has 0 N–H and O–H groups in total. The average Bonchev–Trinajstić information content (AvgIpc) is 2.45. The highest BCUT2D eigenvalue weighted by molar-refractivity contribution is 7.88. The normalized spacial score (nSPS) is 14.2. The van der Waals surface area contributed by atoms with Crippen LogP contribution >= 0.6 is 0 Å².